The van der Waals surface area contributed by atoms with Gasteiger partial charge in [-0.3, -0.25) is 9.69 Å². The van der Waals surface area contributed by atoms with Gasteiger partial charge in [-0.2, -0.15) is 0 Å². The number of hydrogen-bond acceptors (Lipinski definition) is 6. The molecule has 170 valence electrons. The highest BCUT2D eigenvalue weighted by Gasteiger charge is 2.28. The molecular formula is C25H26FN5O2. The Balaban J connectivity index is 1.21. The lowest BCUT2D eigenvalue weighted by atomic mass is 10.00. The largest absolute Gasteiger partial charge is 0.368 e. The molecule has 7 nitrogen and oxygen atoms in total. The summed E-state index contributed by atoms with van der Waals surface area (Å²) in [4.78, 5) is 25.8. The summed E-state index contributed by atoms with van der Waals surface area (Å²) in [5, 5.41) is 3.08. The zero-order chi connectivity index (χ0) is 22.6. The van der Waals surface area contributed by atoms with Gasteiger partial charge in [0, 0.05) is 19.6 Å². The maximum absolute atomic E-state index is 13.1. The number of pyridine rings is 2. The van der Waals surface area contributed by atoms with Crippen molar-refractivity contribution < 1.29 is 13.9 Å². The molecule has 8 heteroatoms. The fraction of sp³-hybridized carbons (Fsp3) is 0.320. The predicted molar refractivity (Wildman–Crippen MR) is 122 cm³/mol. The van der Waals surface area contributed by atoms with Crippen molar-refractivity contribution in [2.45, 2.75) is 19.1 Å². The second-order valence-corrected chi connectivity index (χ2v) is 8.36. The quantitative estimate of drug-likeness (QED) is 0.647. The number of nitrogens with one attached hydrogen (secondary N) is 1. The Morgan fingerprint density at radius 3 is 2.79 bits per heavy atom. The number of anilines is 2. The Bertz CT molecular complexity index is 1120. The average Bonchev–Trinajstić information content (AvgIpc) is 2.86. The molecule has 1 amide bonds. The van der Waals surface area contributed by atoms with E-state index < -0.39 is 5.82 Å². The molecule has 2 aliphatic heterocycles. The topological polar surface area (TPSA) is 70.6 Å². The predicted octanol–water partition coefficient (Wildman–Crippen LogP) is 3.32. The third-order valence-corrected chi connectivity index (χ3v) is 6.07. The van der Waals surface area contributed by atoms with Gasteiger partial charge >= 0.3 is 0 Å². The van der Waals surface area contributed by atoms with Crippen LogP contribution < -0.4 is 5.32 Å². The zero-order valence-electron chi connectivity index (χ0n) is 18.3. The van der Waals surface area contributed by atoms with Crippen molar-refractivity contribution >= 4 is 17.5 Å². The molecule has 0 aliphatic carbocycles. The van der Waals surface area contributed by atoms with Crippen molar-refractivity contribution in [1.82, 2.24) is 19.8 Å². The second-order valence-electron chi connectivity index (χ2n) is 8.36. The van der Waals surface area contributed by atoms with E-state index >= 15 is 0 Å². The van der Waals surface area contributed by atoms with E-state index in [-0.39, 0.29) is 12.0 Å². The fourth-order valence-electron chi connectivity index (χ4n) is 4.32. The summed E-state index contributed by atoms with van der Waals surface area (Å²) in [7, 11) is 0. The molecule has 2 aliphatic rings. The first-order valence-corrected chi connectivity index (χ1v) is 11.2. The van der Waals surface area contributed by atoms with Crippen molar-refractivity contribution in [3.8, 4) is 0 Å². The minimum atomic E-state index is -0.392. The highest BCUT2D eigenvalue weighted by molar-refractivity contribution is 5.78. The number of nitrogens with zero attached hydrogens (tertiary/aromatic N) is 4. The Morgan fingerprint density at radius 2 is 1.94 bits per heavy atom. The van der Waals surface area contributed by atoms with Crippen LogP contribution in [-0.2, 0) is 22.5 Å². The Hall–Kier alpha value is -3.36. The van der Waals surface area contributed by atoms with Gasteiger partial charge in [-0.05, 0) is 41.8 Å². The number of halogens is 1. The molecule has 1 N–H and O–H groups in total. The zero-order valence-corrected chi connectivity index (χ0v) is 18.3. The number of morpholine rings is 1. The third kappa shape index (κ3) is 5.18. The number of carbonyl (C=O) groups excluding carboxylic acids is 1. The molecule has 1 aromatic carbocycles. The molecular weight excluding hydrogens is 421 g/mol. The molecule has 4 heterocycles. The van der Waals surface area contributed by atoms with Crippen LogP contribution in [0.15, 0.2) is 60.8 Å². The summed E-state index contributed by atoms with van der Waals surface area (Å²) in [6.45, 7) is 3.63. The SMILES string of the molecule is O=C(CN1CCc2ccccc2C1)N1CCOC(c2cccc(Nc3ccc(F)cn3)n2)C1. The van der Waals surface area contributed by atoms with Crippen LogP contribution in [0.2, 0.25) is 0 Å². The molecule has 3 aromatic rings. The van der Waals surface area contributed by atoms with Gasteiger partial charge in [0.2, 0.25) is 5.91 Å². The van der Waals surface area contributed by atoms with Gasteiger partial charge in [0.15, 0.2) is 0 Å². The first kappa shape index (κ1) is 21.5. The number of carbonyl (C=O) groups is 1. The smallest absolute Gasteiger partial charge is 0.236 e. The molecule has 1 saturated heterocycles. The normalized spacial score (nSPS) is 18.6. The molecule has 5 rings (SSSR count). The molecule has 1 atom stereocenters. The monoisotopic (exact) mass is 447 g/mol. The van der Waals surface area contributed by atoms with Crippen molar-refractivity contribution in [2.75, 3.05) is 38.1 Å². The molecule has 0 radical (unpaired) electrons. The number of aromatic nitrogens is 2. The van der Waals surface area contributed by atoms with Gasteiger partial charge in [0.25, 0.3) is 0 Å². The van der Waals surface area contributed by atoms with Crippen LogP contribution in [0.4, 0.5) is 16.0 Å². The lowest BCUT2D eigenvalue weighted by Crippen LogP contribution is -2.47. The van der Waals surface area contributed by atoms with Crippen molar-refractivity contribution in [3.63, 3.8) is 0 Å². The van der Waals surface area contributed by atoms with E-state index in [1.807, 2.05) is 23.1 Å². The lowest BCUT2D eigenvalue weighted by molar-refractivity contribution is -0.140. The summed E-state index contributed by atoms with van der Waals surface area (Å²) in [6, 6.07) is 16.9. The summed E-state index contributed by atoms with van der Waals surface area (Å²) in [6.07, 6.45) is 1.83. The minimum Gasteiger partial charge on any atom is -0.368 e. The number of fused-ring (bicyclic) bond motifs is 1. The molecule has 0 spiro atoms. The van der Waals surface area contributed by atoms with E-state index in [4.69, 9.17) is 4.74 Å². The van der Waals surface area contributed by atoms with Crippen molar-refractivity contribution in [2.24, 2.45) is 0 Å². The molecule has 0 bridgehead atoms. The number of hydrogen-bond donors (Lipinski definition) is 1. The van der Waals surface area contributed by atoms with E-state index in [1.54, 1.807) is 6.07 Å². The summed E-state index contributed by atoms with van der Waals surface area (Å²) >= 11 is 0. The first-order valence-electron chi connectivity index (χ1n) is 11.2. The van der Waals surface area contributed by atoms with E-state index in [2.05, 4.69) is 44.5 Å². The van der Waals surface area contributed by atoms with Crippen LogP contribution in [0.25, 0.3) is 0 Å². The number of benzene rings is 1. The van der Waals surface area contributed by atoms with Gasteiger partial charge in [-0.25, -0.2) is 14.4 Å². The molecule has 2 aromatic heterocycles. The van der Waals surface area contributed by atoms with Crippen LogP contribution in [0.3, 0.4) is 0 Å². The van der Waals surface area contributed by atoms with Crippen molar-refractivity contribution in [1.29, 1.82) is 0 Å². The van der Waals surface area contributed by atoms with Gasteiger partial charge < -0.3 is 15.0 Å². The number of rotatable bonds is 5. The van der Waals surface area contributed by atoms with Gasteiger partial charge in [0.05, 0.1) is 31.6 Å². The third-order valence-electron chi connectivity index (χ3n) is 6.07. The average molecular weight is 448 g/mol. The van der Waals surface area contributed by atoms with Crippen LogP contribution >= 0.6 is 0 Å². The molecule has 1 fully saturated rings. The highest BCUT2D eigenvalue weighted by Crippen LogP contribution is 2.24. The van der Waals surface area contributed by atoms with E-state index in [0.29, 0.717) is 37.9 Å². The summed E-state index contributed by atoms with van der Waals surface area (Å²) in [5.74, 6) is 0.819. The van der Waals surface area contributed by atoms with Gasteiger partial charge in [-0.1, -0.05) is 30.3 Å². The van der Waals surface area contributed by atoms with Gasteiger partial charge in [-0.15, -0.1) is 0 Å². The minimum absolute atomic E-state index is 0.118. The Labute approximate surface area is 192 Å². The van der Waals surface area contributed by atoms with Crippen LogP contribution in [-0.4, -0.2) is 58.5 Å². The second kappa shape index (κ2) is 9.64. The van der Waals surface area contributed by atoms with E-state index in [1.165, 1.54) is 17.2 Å². The fourth-order valence-corrected chi connectivity index (χ4v) is 4.32. The lowest BCUT2D eigenvalue weighted by Gasteiger charge is -2.35. The van der Waals surface area contributed by atoms with Crippen LogP contribution in [0, 0.1) is 5.82 Å². The maximum Gasteiger partial charge on any atom is 0.236 e. The van der Waals surface area contributed by atoms with E-state index in [9.17, 15) is 9.18 Å². The Kier molecular flexibility index (Phi) is 6.28. The summed E-state index contributed by atoms with van der Waals surface area (Å²) in [5.41, 5.74) is 3.43. The molecule has 33 heavy (non-hydrogen) atoms. The van der Waals surface area contributed by atoms with Crippen LogP contribution in [0.5, 0.6) is 0 Å². The number of ether oxygens (including phenoxy) is 1. The standard InChI is InChI=1S/C25H26FN5O2/c26-20-8-9-23(27-14-20)29-24-7-3-6-21(28-24)22-16-31(12-13-33-22)25(32)17-30-11-10-18-4-1-2-5-19(18)15-30/h1-9,14,22H,10-13,15-17H2,(H,27,28,29). The first-order chi connectivity index (χ1) is 16.1. The molecule has 0 saturated carbocycles. The Morgan fingerprint density at radius 1 is 1.06 bits per heavy atom. The number of amides is 1. The van der Waals surface area contributed by atoms with E-state index in [0.717, 1.165) is 31.4 Å². The molecule has 1 unspecified atom stereocenters. The highest BCUT2D eigenvalue weighted by atomic mass is 19.1. The van der Waals surface area contributed by atoms with Gasteiger partial charge in [0.1, 0.15) is 23.6 Å². The summed E-state index contributed by atoms with van der Waals surface area (Å²) < 4.78 is 19.0. The van der Waals surface area contributed by atoms with Crippen LogP contribution in [0.1, 0.15) is 22.9 Å². The van der Waals surface area contributed by atoms with Crippen molar-refractivity contribution in [3.05, 3.63) is 83.4 Å². The maximum atomic E-state index is 13.1.